The number of aryl methyl sites for hydroxylation is 1. The Morgan fingerprint density at radius 3 is 2.25 bits per heavy atom. The van der Waals surface area contributed by atoms with Crippen molar-refractivity contribution in [2.45, 2.75) is 32.4 Å². The predicted molar refractivity (Wildman–Crippen MR) is 138 cm³/mol. The highest BCUT2D eigenvalue weighted by Crippen LogP contribution is 2.22. The maximum absolute atomic E-state index is 12.6. The number of aromatic nitrogens is 4. The minimum Gasteiger partial charge on any atom is -0.352 e. The number of hydrogen-bond acceptors (Lipinski definition) is 5. The molecule has 3 aromatic carbocycles. The third-order valence-electron chi connectivity index (χ3n) is 5.84. The Labute approximate surface area is 209 Å². The highest BCUT2D eigenvalue weighted by Gasteiger charge is 2.14. The summed E-state index contributed by atoms with van der Waals surface area (Å²) >= 11 is 0. The summed E-state index contributed by atoms with van der Waals surface area (Å²) in [6.45, 7) is 1.08. The summed E-state index contributed by atoms with van der Waals surface area (Å²) in [5.41, 5.74) is 4.97. The van der Waals surface area contributed by atoms with Crippen molar-refractivity contribution in [3.63, 3.8) is 0 Å². The third-order valence-corrected chi connectivity index (χ3v) is 5.84. The van der Waals surface area contributed by atoms with Crippen LogP contribution in [0.1, 0.15) is 29.9 Å². The highest BCUT2D eigenvalue weighted by atomic mass is 16.5. The Balaban J connectivity index is 1.18. The van der Waals surface area contributed by atoms with Crippen molar-refractivity contribution in [3.05, 3.63) is 114 Å². The van der Waals surface area contributed by atoms with E-state index in [4.69, 9.17) is 9.62 Å². The SMILES string of the molecule is O=C(CCCc1nc(-c2ccccc2)no1)NCc1cn(Cc2ccccc2)nc1-c1ccccc1. The van der Waals surface area contributed by atoms with Crippen molar-refractivity contribution in [3.8, 4) is 22.6 Å². The van der Waals surface area contributed by atoms with Crippen LogP contribution in [0.2, 0.25) is 0 Å². The molecule has 0 saturated heterocycles. The molecule has 5 aromatic rings. The van der Waals surface area contributed by atoms with Crippen molar-refractivity contribution in [2.24, 2.45) is 0 Å². The van der Waals surface area contributed by atoms with Gasteiger partial charge in [0.05, 0.1) is 12.2 Å². The summed E-state index contributed by atoms with van der Waals surface area (Å²) in [5, 5.41) is 11.9. The molecule has 0 aliphatic carbocycles. The lowest BCUT2D eigenvalue weighted by Gasteiger charge is -2.05. The van der Waals surface area contributed by atoms with E-state index in [1.807, 2.05) is 89.7 Å². The molecule has 7 nitrogen and oxygen atoms in total. The second kappa shape index (κ2) is 11.3. The van der Waals surface area contributed by atoms with E-state index in [2.05, 4.69) is 27.6 Å². The fraction of sp³-hybridized carbons (Fsp3) is 0.172. The molecule has 0 aliphatic rings. The number of carbonyl (C=O) groups is 1. The molecule has 0 radical (unpaired) electrons. The van der Waals surface area contributed by atoms with E-state index in [0.717, 1.165) is 22.4 Å². The zero-order valence-electron chi connectivity index (χ0n) is 19.9. The molecule has 1 amide bonds. The molecule has 7 heteroatoms. The van der Waals surface area contributed by atoms with E-state index in [9.17, 15) is 4.79 Å². The lowest BCUT2D eigenvalue weighted by molar-refractivity contribution is -0.121. The molecule has 0 bridgehead atoms. The fourth-order valence-electron chi connectivity index (χ4n) is 4.03. The summed E-state index contributed by atoms with van der Waals surface area (Å²) in [6.07, 6.45) is 3.57. The van der Waals surface area contributed by atoms with Crippen LogP contribution >= 0.6 is 0 Å². The van der Waals surface area contributed by atoms with E-state index in [0.29, 0.717) is 44.1 Å². The summed E-state index contributed by atoms with van der Waals surface area (Å²) in [5.74, 6) is 1.08. The summed E-state index contributed by atoms with van der Waals surface area (Å²) < 4.78 is 7.27. The minimum absolute atomic E-state index is 0.0207. The molecular weight excluding hydrogens is 450 g/mol. The Morgan fingerprint density at radius 1 is 0.861 bits per heavy atom. The molecule has 2 aromatic heterocycles. The van der Waals surface area contributed by atoms with Crippen LogP contribution in [0, 0.1) is 0 Å². The molecule has 180 valence electrons. The number of amides is 1. The van der Waals surface area contributed by atoms with Crippen molar-refractivity contribution < 1.29 is 9.32 Å². The zero-order chi connectivity index (χ0) is 24.6. The maximum Gasteiger partial charge on any atom is 0.226 e. The molecular formula is C29H27N5O2. The summed E-state index contributed by atoms with van der Waals surface area (Å²) in [4.78, 5) is 17.0. The molecule has 1 N–H and O–H groups in total. The van der Waals surface area contributed by atoms with E-state index < -0.39 is 0 Å². The Hall–Kier alpha value is -4.52. The molecule has 0 saturated carbocycles. The van der Waals surface area contributed by atoms with Crippen molar-refractivity contribution in [1.29, 1.82) is 0 Å². The van der Waals surface area contributed by atoms with E-state index in [-0.39, 0.29) is 5.91 Å². The van der Waals surface area contributed by atoms with Gasteiger partial charge in [0, 0.05) is 42.3 Å². The van der Waals surface area contributed by atoms with Gasteiger partial charge in [0.15, 0.2) is 0 Å². The maximum atomic E-state index is 12.6. The smallest absolute Gasteiger partial charge is 0.226 e. The van der Waals surface area contributed by atoms with E-state index >= 15 is 0 Å². The second-order valence-electron chi connectivity index (χ2n) is 8.56. The number of rotatable bonds is 10. The Morgan fingerprint density at radius 2 is 1.53 bits per heavy atom. The molecule has 2 heterocycles. The topological polar surface area (TPSA) is 85.8 Å². The van der Waals surface area contributed by atoms with Crippen LogP contribution in [0.25, 0.3) is 22.6 Å². The number of carbonyl (C=O) groups excluding carboxylic acids is 1. The third kappa shape index (κ3) is 5.93. The summed E-state index contributed by atoms with van der Waals surface area (Å²) in [6, 6.07) is 29.9. The first-order chi connectivity index (χ1) is 17.7. The predicted octanol–water partition coefficient (Wildman–Crippen LogP) is 5.29. The van der Waals surface area contributed by atoms with E-state index in [1.54, 1.807) is 0 Å². The summed E-state index contributed by atoms with van der Waals surface area (Å²) in [7, 11) is 0. The minimum atomic E-state index is -0.0207. The van der Waals surface area contributed by atoms with Gasteiger partial charge in [0.1, 0.15) is 0 Å². The van der Waals surface area contributed by atoms with Gasteiger partial charge in [-0.25, -0.2) is 0 Å². The molecule has 0 unspecified atom stereocenters. The van der Waals surface area contributed by atoms with Gasteiger partial charge in [-0.1, -0.05) is 96.2 Å². The quantitative estimate of drug-likeness (QED) is 0.295. The van der Waals surface area contributed by atoms with Crippen LogP contribution in [0.15, 0.2) is 102 Å². The molecule has 5 rings (SSSR count). The van der Waals surface area contributed by atoms with Crippen LogP contribution in [0.4, 0.5) is 0 Å². The second-order valence-corrected chi connectivity index (χ2v) is 8.56. The number of benzene rings is 3. The zero-order valence-corrected chi connectivity index (χ0v) is 19.9. The molecule has 0 atom stereocenters. The molecule has 0 fully saturated rings. The van der Waals surface area contributed by atoms with Crippen molar-refractivity contribution in [1.82, 2.24) is 25.2 Å². The first-order valence-corrected chi connectivity index (χ1v) is 12.0. The van der Waals surface area contributed by atoms with Crippen molar-refractivity contribution in [2.75, 3.05) is 0 Å². The van der Waals surface area contributed by atoms with Crippen LogP contribution in [0.3, 0.4) is 0 Å². The standard InChI is InChI=1S/C29H27N5O2/c35-26(17-10-18-27-31-29(33-36-27)24-15-8-3-9-16-24)30-19-25-21-34(20-22-11-4-1-5-12-22)32-28(25)23-13-6-2-7-14-23/h1-9,11-16,21H,10,17-20H2,(H,30,35). The van der Waals surface area contributed by atoms with Crippen molar-refractivity contribution >= 4 is 5.91 Å². The van der Waals surface area contributed by atoms with Gasteiger partial charge in [-0.05, 0) is 12.0 Å². The van der Waals surface area contributed by atoms with E-state index in [1.165, 1.54) is 5.56 Å². The number of nitrogens with zero attached hydrogens (tertiary/aromatic N) is 4. The average Bonchev–Trinajstić information content (AvgIpc) is 3.56. The lowest BCUT2D eigenvalue weighted by atomic mass is 10.1. The van der Waals surface area contributed by atoms with Crippen LogP contribution in [-0.4, -0.2) is 25.8 Å². The largest absolute Gasteiger partial charge is 0.352 e. The first kappa shape index (κ1) is 23.2. The Kier molecular flexibility index (Phi) is 7.27. The Bertz CT molecular complexity index is 1400. The van der Waals surface area contributed by atoms with Gasteiger partial charge in [-0.15, -0.1) is 0 Å². The first-order valence-electron chi connectivity index (χ1n) is 12.0. The molecule has 36 heavy (non-hydrogen) atoms. The van der Waals surface area contributed by atoms with Crippen LogP contribution < -0.4 is 5.32 Å². The molecule has 0 spiro atoms. The van der Waals surface area contributed by atoms with Crippen LogP contribution in [0.5, 0.6) is 0 Å². The lowest BCUT2D eigenvalue weighted by Crippen LogP contribution is -2.22. The highest BCUT2D eigenvalue weighted by molar-refractivity contribution is 5.76. The van der Waals surface area contributed by atoms with Crippen LogP contribution in [-0.2, 0) is 24.3 Å². The van der Waals surface area contributed by atoms with Gasteiger partial charge < -0.3 is 9.84 Å². The van der Waals surface area contributed by atoms with Gasteiger partial charge in [-0.2, -0.15) is 10.1 Å². The van der Waals surface area contributed by atoms with Gasteiger partial charge in [-0.3, -0.25) is 9.48 Å². The number of hydrogen-bond donors (Lipinski definition) is 1. The van der Waals surface area contributed by atoms with Gasteiger partial charge >= 0.3 is 0 Å². The molecule has 0 aliphatic heterocycles. The fourth-order valence-corrected chi connectivity index (χ4v) is 4.03. The number of nitrogens with one attached hydrogen (secondary N) is 1. The van der Waals surface area contributed by atoms with Gasteiger partial charge in [0.25, 0.3) is 0 Å². The van der Waals surface area contributed by atoms with Gasteiger partial charge in [0.2, 0.25) is 17.6 Å². The normalized spacial score (nSPS) is 10.9. The average molecular weight is 478 g/mol. The monoisotopic (exact) mass is 477 g/mol.